The van der Waals surface area contributed by atoms with Crippen LogP contribution in [-0.4, -0.2) is 47.4 Å². The molecule has 6 N–H and O–H groups in total. The van der Waals surface area contributed by atoms with Crippen LogP contribution in [0, 0.1) is 0 Å². The van der Waals surface area contributed by atoms with Gasteiger partial charge in [0.1, 0.15) is 34.1 Å². The van der Waals surface area contributed by atoms with Gasteiger partial charge in [-0.05, 0) is 48.7 Å². The summed E-state index contributed by atoms with van der Waals surface area (Å²) < 4.78 is 16.0. The van der Waals surface area contributed by atoms with Crippen molar-refractivity contribution >= 4 is 11.9 Å². The Kier molecular flexibility index (Phi) is 7.71. The number of nitrogens with two attached hydrogens (primary N) is 2. The van der Waals surface area contributed by atoms with Crippen LogP contribution in [0.2, 0.25) is 0 Å². The second kappa shape index (κ2) is 9.88. The predicted octanol–water partition coefficient (Wildman–Crippen LogP) is 2.01. The molecular formula is C23H30N2O7. The number of aliphatic carboxylic acids is 1. The van der Waals surface area contributed by atoms with Gasteiger partial charge in [-0.25, -0.2) is 4.79 Å². The smallest absolute Gasteiger partial charge is 0.331 e. The molecule has 0 saturated carbocycles. The van der Waals surface area contributed by atoms with Crippen molar-refractivity contribution < 1.29 is 34.0 Å². The minimum absolute atomic E-state index is 0.116. The molecule has 0 bridgehead atoms. The van der Waals surface area contributed by atoms with Gasteiger partial charge in [-0.2, -0.15) is 0 Å². The molecule has 0 radical (unpaired) electrons. The molecule has 0 unspecified atom stereocenters. The fourth-order valence-electron chi connectivity index (χ4n) is 3.15. The lowest BCUT2D eigenvalue weighted by molar-refractivity contribution is -0.143. The molecule has 0 aromatic heterocycles. The number of carboxylic acid groups (broad SMARTS) is 1. The fraction of sp³-hybridized carbons (Fsp3) is 0.391. The number of hydrogen-bond donors (Lipinski definition) is 4. The normalized spacial score (nSPS) is 14.7. The number of benzene rings is 2. The van der Waals surface area contributed by atoms with Crippen molar-refractivity contribution in [3.63, 3.8) is 0 Å². The van der Waals surface area contributed by atoms with Crippen LogP contribution >= 0.6 is 0 Å². The Balaban J connectivity index is 2.22. The molecule has 0 amide bonds. The molecule has 0 saturated heterocycles. The average Bonchev–Trinajstić information content (AvgIpc) is 2.75. The highest BCUT2D eigenvalue weighted by molar-refractivity contribution is 5.83. The van der Waals surface area contributed by atoms with Crippen LogP contribution in [0.5, 0.6) is 23.0 Å². The summed E-state index contributed by atoms with van der Waals surface area (Å²) in [6, 6.07) is 9.28. The van der Waals surface area contributed by atoms with E-state index < -0.39 is 23.0 Å². The topological polar surface area (TPSA) is 154 Å². The Labute approximate surface area is 186 Å². The van der Waals surface area contributed by atoms with E-state index in [-0.39, 0.29) is 36.3 Å². The Hall–Kier alpha value is -3.30. The Bertz CT molecular complexity index is 990. The third-order valence-electron chi connectivity index (χ3n) is 5.34. The van der Waals surface area contributed by atoms with E-state index in [0.29, 0.717) is 17.1 Å². The molecule has 2 aromatic rings. The molecule has 0 fully saturated rings. The first-order valence-corrected chi connectivity index (χ1v) is 10.0. The molecule has 9 heteroatoms. The number of esters is 1. The van der Waals surface area contributed by atoms with Gasteiger partial charge in [-0.1, -0.05) is 13.0 Å². The summed E-state index contributed by atoms with van der Waals surface area (Å²) in [5.41, 5.74) is 10.2. The van der Waals surface area contributed by atoms with Crippen LogP contribution in [0.3, 0.4) is 0 Å². The van der Waals surface area contributed by atoms with Crippen molar-refractivity contribution in [1.29, 1.82) is 0 Å². The second-order valence-electron chi connectivity index (χ2n) is 7.94. The second-order valence-corrected chi connectivity index (χ2v) is 7.94. The number of carboxylic acids is 1. The first kappa shape index (κ1) is 25.0. The molecule has 2 atom stereocenters. The SMILES string of the molecule is CC[C@](N)(Cc1cc(OC(=O)[C@@](C)(N)Cc2ccc(OC)cc2OC)ccc1O)C(=O)O. The molecule has 174 valence electrons. The molecule has 0 spiro atoms. The van der Waals surface area contributed by atoms with Gasteiger partial charge in [0.25, 0.3) is 0 Å². The zero-order valence-corrected chi connectivity index (χ0v) is 18.7. The summed E-state index contributed by atoms with van der Waals surface area (Å²) >= 11 is 0. The van der Waals surface area contributed by atoms with Gasteiger partial charge in [0.2, 0.25) is 0 Å². The summed E-state index contributed by atoms with van der Waals surface area (Å²) in [5.74, 6) is -0.802. The molecular weight excluding hydrogens is 416 g/mol. The van der Waals surface area contributed by atoms with E-state index in [4.69, 9.17) is 25.7 Å². The van der Waals surface area contributed by atoms with E-state index in [1.807, 2.05) is 0 Å². The van der Waals surface area contributed by atoms with Crippen molar-refractivity contribution in [3.05, 3.63) is 47.5 Å². The molecule has 0 heterocycles. The van der Waals surface area contributed by atoms with Crippen molar-refractivity contribution in [1.82, 2.24) is 0 Å². The maximum absolute atomic E-state index is 12.8. The van der Waals surface area contributed by atoms with Crippen LogP contribution < -0.4 is 25.7 Å². The van der Waals surface area contributed by atoms with Gasteiger partial charge in [0.05, 0.1) is 14.2 Å². The summed E-state index contributed by atoms with van der Waals surface area (Å²) in [4.78, 5) is 24.3. The number of hydrogen-bond acceptors (Lipinski definition) is 8. The lowest BCUT2D eigenvalue weighted by Gasteiger charge is -2.25. The molecule has 0 aliphatic carbocycles. The zero-order valence-electron chi connectivity index (χ0n) is 18.7. The lowest BCUT2D eigenvalue weighted by Crippen LogP contribution is -2.49. The van der Waals surface area contributed by atoms with Crippen LogP contribution in [0.4, 0.5) is 0 Å². The molecule has 0 aliphatic rings. The summed E-state index contributed by atoms with van der Waals surface area (Å²) in [7, 11) is 3.05. The number of phenolic OH excluding ortho intramolecular Hbond substituents is 1. The fourth-order valence-corrected chi connectivity index (χ4v) is 3.15. The Morgan fingerprint density at radius 2 is 1.62 bits per heavy atom. The predicted molar refractivity (Wildman–Crippen MR) is 118 cm³/mol. The quantitative estimate of drug-likeness (QED) is 0.317. The monoisotopic (exact) mass is 446 g/mol. The minimum Gasteiger partial charge on any atom is -0.508 e. The van der Waals surface area contributed by atoms with Crippen molar-refractivity contribution in [3.8, 4) is 23.0 Å². The maximum atomic E-state index is 12.8. The molecule has 2 rings (SSSR count). The highest BCUT2D eigenvalue weighted by Gasteiger charge is 2.34. The van der Waals surface area contributed by atoms with Gasteiger partial charge in [-0.15, -0.1) is 0 Å². The van der Waals surface area contributed by atoms with E-state index >= 15 is 0 Å². The number of methoxy groups -OCH3 is 2. The molecule has 2 aromatic carbocycles. The number of phenols is 1. The third-order valence-corrected chi connectivity index (χ3v) is 5.34. The van der Waals surface area contributed by atoms with Crippen LogP contribution in [0.15, 0.2) is 36.4 Å². The number of carbonyl (C=O) groups is 2. The van der Waals surface area contributed by atoms with E-state index in [2.05, 4.69) is 0 Å². The Morgan fingerprint density at radius 3 is 2.19 bits per heavy atom. The van der Waals surface area contributed by atoms with Gasteiger partial charge in [0, 0.05) is 18.9 Å². The molecule has 9 nitrogen and oxygen atoms in total. The highest BCUT2D eigenvalue weighted by Crippen LogP contribution is 2.30. The van der Waals surface area contributed by atoms with Crippen LogP contribution in [0.25, 0.3) is 0 Å². The van der Waals surface area contributed by atoms with E-state index in [1.54, 1.807) is 25.1 Å². The largest absolute Gasteiger partial charge is 0.508 e. The van der Waals surface area contributed by atoms with Gasteiger partial charge in [0.15, 0.2) is 0 Å². The van der Waals surface area contributed by atoms with Gasteiger partial charge >= 0.3 is 11.9 Å². The molecule has 0 aliphatic heterocycles. The van der Waals surface area contributed by atoms with Gasteiger partial charge in [-0.3, -0.25) is 4.79 Å². The first-order chi connectivity index (χ1) is 15.0. The summed E-state index contributed by atoms with van der Waals surface area (Å²) in [5, 5.41) is 19.5. The number of rotatable bonds is 10. The van der Waals surface area contributed by atoms with Crippen molar-refractivity contribution in [2.24, 2.45) is 11.5 Å². The third kappa shape index (κ3) is 5.68. The number of carbonyl (C=O) groups excluding carboxylic acids is 1. The maximum Gasteiger partial charge on any atom is 0.331 e. The van der Waals surface area contributed by atoms with Crippen LogP contribution in [0.1, 0.15) is 31.4 Å². The standard InChI is InChI=1S/C23H30N2O7/c1-5-23(25,20(27)28)13-15-10-17(8-9-18(15)26)32-21(29)22(2,24)12-14-6-7-16(30-3)11-19(14)31-4/h6-11,26H,5,12-13,24-25H2,1-4H3,(H,27,28)/t22-,23-/m0/s1. The van der Waals surface area contributed by atoms with E-state index in [0.717, 1.165) is 0 Å². The lowest BCUT2D eigenvalue weighted by atomic mass is 9.89. The summed E-state index contributed by atoms with van der Waals surface area (Å²) in [6.45, 7) is 3.18. The highest BCUT2D eigenvalue weighted by atomic mass is 16.5. The van der Waals surface area contributed by atoms with E-state index in [1.165, 1.54) is 39.3 Å². The van der Waals surface area contributed by atoms with Crippen LogP contribution in [-0.2, 0) is 22.4 Å². The van der Waals surface area contributed by atoms with Crippen molar-refractivity contribution in [2.75, 3.05) is 14.2 Å². The van der Waals surface area contributed by atoms with E-state index in [9.17, 15) is 19.8 Å². The van der Waals surface area contributed by atoms with Gasteiger partial charge < -0.3 is 35.9 Å². The first-order valence-electron chi connectivity index (χ1n) is 10.0. The zero-order chi connectivity index (χ0) is 24.1. The molecule has 32 heavy (non-hydrogen) atoms. The minimum atomic E-state index is -1.56. The Morgan fingerprint density at radius 1 is 0.969 bits per heavy atom. The number of aromatic hydroxyl groups is 1. The number of ether oxygens (including phenoxy) is 3. The van der Waals surface area contributed by atoms with Crippen molar-refractivity contribution in [2.45, 2.75) is 44.2 Å². The summed E-state index contributed by atoms with van der Waals surface area (Å²) in [6.07, 6.45) is 0.139. The average molecular weight is 447 g/mol.